The number of pyridine rings is 1. The maximum absolute atomic E-state index is 13.6. The fourth-order valence-corrected chi connectivity index (χ4v) is 2.14. The van der Waals surface area contributed by atoms with Crippen molar-refractivity contribution in [3.05, 3.63) is 17.7 Å². The average molecular weight is 301 g/mol. The minimum absolute atomic E-state index is 0.0136. The number of aromatic nitrogens is 1. The molecule has 0 spiro atoms. The van der Waals surface area contributed by atoms with Gasteiger partial charge in [0.25, 0.3) is 0 Å². The van der Waals surface area contributed by atoms with Gasteiger partial charge in [0, 0.05) is 12.1 Å². The zero-order valence-electron chi connectivity index (χ0n) is 12.9. The quantitative estimate of drug-likeness (QED) is 0.483. The first-order valence-electron chi connectivity index (χ1n) is 7.33. The van der Waals surface area contributed by atoms with Crippen LogP contribution in [-0.4, -0.2) is 35.6 Å². The number of hydrogen-bond donors (Lipinski definition) is 3. The van der Waals surface area contributed by atoms with E-state index in [1.165, 1.54) is 0 Å². The molecule has 7 heteroatoms. The molecule has 0 fully saturated rings. The van der Waals surface area contributed by atoms with Crippen LogP contribution in [0.2, 0.25) is 0 Å². The number of nitrogens with zero attached hydrogens (tertiary/aromatic N) is 2. The van der Waals surface area contributed by atoms with Gasteiger partial charge in [0.15, 0.2) is 23.3 Å². The van der Waals surface area contributed by atoms with Crippen LogP contribution in [0.4, 0.5) is 20.4 Å². The summed E-state index contributed by atoms with van der Waals surface area (Å²) < 4.78 is 26.9. The van der Waals surface area contributed by atoms with E-state index in [4.69, 9.17) is 5.84 Å². The van der Waals surface area contributed by atoms with E-state index in [1.807, 2.05) is 6.92 Å². The summed E-state index contributed by atoms with van der Waals surface area (Å²) in [6.45, 7) is 9.26. The first-order valence-corrected chi connectivity index (χ1v) is 7.33. The Bertz CT molecular complexity index is 438. The molecule has 1 heterocycles. The number of anilines is 2. The molecular weight excluding hydrogens is 276 g/mol. The molecule has 1 atom stereocenters. The molecule has 21 heavy (non-hydrogen) atoms. The fraction of sp³-hybridized carbons (Fsp3) is 0.643. The minimum atomic E-state index is -0.810. The number of nitrogens with two attached hydrogens (primary N) is 1. The van der Waals surface area contributed by atoms with Gasteiger partial charge in [0.1, 0.15) is 0 Å². The van der Waals surface area contributed by atoms with Gasteiger partial charge in [-0.3, -0.25) is 0 Å². The third kappa shape index (κ3) is 5.43. The van der Waals surface area contributed by atoms with Crippen molar-refractivity contribution in [1.29, 1.82) is 0 Å². The topological polar surface area (TPSA) is 66.2 Å². The fourth-order valence-electron chi connectivity index (χ4n) is 2.14. The van der Waals surface area contributed by atoms with Crippen LogP contribution < -0.4 is 16.6 Å². The van der Waals surface area contributed by atoms with Crippen LogP contribution in [0.25, 0.3) is 0 Å². The molecule has 0 aromatic carbocycles. The molecule has 0 amide bonds. The molecule has 120 valence electrons. The Labute approximate surface area is 124 Å². The van der Waals surface area contributed by atoms with Crippen LogP contribution in [0.5, 0.6) is 0 Å². The van der Waals surface area contributed by atoms with E-state index in [0.29, 0.717) is 0 Å². The van der Waals surface area contributed by atoms with E-state index in [0.717, 1.165) is 38.5 Å². The van der Waals surface area contributed by atoms with Gasteiger partial charge >= 0.3 is 0 Å². The third-order valence-corrected chi connectivity index (χ3v) is 3.46. The maximum atomic E-state index is 13.6. The SMILES string of the molecule is CCN(CC)CCCC(C)Nc1nc(NN)c(F)cc1F. The van der Waals surface area contributed by atoms with Crippen molar-refractivity contribution < 1.29 is 8.78 Å². The van der Waals surface area contributed by atoms with Gasteiger partial charge < -0.3 is 15.6 Å². The number of nitrogens with one attached hydrogen (secondary N) is 2. The zero-order chi connectivity index (χ0) is 15.8. The summed E-state index contributed by atoms with van der Waals surface area (Å²) in [6, 6.07) is 0.811. The molecule has 5 nitrogen and oxygen atoms in total. The average Bonchev–Trinajstić information content (AvgIpc) is 2.46. The molecule has 0 aliphatic rings. The van der Waals surface area contributed by atoms with Crippen LogP contribution in [0.15, 0.2) is 6.07 Å². The van der Waals surface area contributed by atoms with Crippen molar-refractivity contribution in [3.8, 4) is 0 Å². The number of hydrazine groups is 1. The molecular formula is C14H25F2N5. The van der Waals surface area contributed by atoms with Crippen LogP contribution >= 0.6 is 0 Å². The van der Waals surface area contributed by atoms with Crippen molar-refractivity contribution in [2.24, 2.45) is 5.84 Å². The highest BCUT2D eigenvalue weighted by molar-refractivity contribution is 5.47. The zero-order valence-corrected chi connectivity index (χ0v) is 12.9. The smallest absolute Gasteiger partial charge is 0.178 e. The van der Waals surface area contributed by atoms with Gasteiger partial charge in [-0.05, 0) is 39.4 Å². The van der Waals surface area contributed by atoms with Gasteiger partial charge in [-0.15, -0.1) is 0 Å². The van der Waals surface area contributed by atoms with Crippen molar-refractivity contribution in [3.63, 3.8) is 0 Å². The highest BCUT2D eigenvalue weighted by Gasteiger charge is 2.13. The molecule has 0 saturated carbocycles. The Kier molecular flexibility index (Phi) is 7.31. The Balaban J connectivity index is 2.53. The second-order valence-corrected chi connectivity index (χ2v) is 5.01. The van der Waals surface area contributed by atoms with E-state index in [9.17, 15) is 8.78 Å². The number of rotatable bonds is 9. The van der Waals surface area contributed by atoms with E-state index >= 15 is 0 Å². The standard InChI is InChI=1S/C14H25F2N5/c1-4-21(5-2)8-6-7-10(3)18-13-11(15)9-12(16)14(19-13)20-17/h9-10H,4-8,17H2,1-3H3,(H2,18,19,20). The van der Waals surface area contributed by atoms with Crippen LogP contribution in [0.1, 0.15) is 33.6 Å². The Morgan fingerprint density at radius 1 is 1.24 bits per heavy atom. The largest absolute Gasteiger partial charge is 0.365 e. The molecule has 0 bridgehead atoms. The monoisotopic (exact) mass is 301 g/mol. The van der Waals surface area contributed by atoms with Gasteiger partial charge in [0.05, 0.1) is 0 Å². The lowest BCUT2D eigenvalue weighted by atomic mass is 10.1. The maximum Gasteiger partial charge on any atom is 0.178 e. The highest BCUT2D eigenvalue weighted by Crippen LogP contribution is 2.19. The van der Waals surface area contributed by atoms with Gasteiger partial charge in [0.2, 0.25) is 0 Å². The van der Waals surface area contributed by atoms with Crippen molar-refractivity contribution in [1.82, 2.24) is 9.88 Å². The lowest BCUT2D eigenvalue weighted by molar-refractivity contribution is 0.295. The van der Waals surface area contributed by atoms with E-state index in [1.54, 1.807) is 0 Å². The van der Waals surface area contributed by atoms with E-state index in [2.05, 4.69) is 34.5 Å². The molecule has 1 unspecified atom stereocenters. The normalized spacial score (nSPS) is 12.5. The highest BCUT2D eigenvalue weighted by atomic mass is 19.1. The summed E-state index contributed by atoms with van der Waals surface area (Å²) in [7, 11) is 0. The number of hydrogen-bond acceptors (Lipinski definition) is 5. The van der Waals surface area contributed by atoms with Crippen molar-refractivity contribution in [2.45, 2.75) is 39.7 Å². The summed E-state index contributed by atoms with van der Waals surface area (Å²) in [5.74, 6) is 3.45. The van der Waals surface area contributed by atoms with Gasteiger partial charge in [-0.25, -0.2) is 19.6 Å². The second kappa shape index (κ2) is 8.74. The summed E-state index contributed by atoms with van der Waals surface area (Å²) in [4.78, 5) is 6.13. The van der Waals surface area contributed by atoms with E-state index in [-0.39, 0.29) is 17.7 Å². The van der Waals surface area contributed by atoms with Crippen molar-refractivity contribution >= 4 is 11.6 Å². The Morgan fingerprint density at radius 3 is 2.43 bits per heavy atom. The first kappa shape index (κ1) is 17.6. The summed E-state index contributed by atoms with van der Waals surface area (Å²) in [5.41, 5.74) is 2.11. The van der Waals surface area contributed by atoms with Crippen LogP contribution in [-0.2, 0) is 0 Å². The number of halogens is 2. The molecule has 1 rings (SSSR count). The molecule has 1 aromatic heterocycles. The van der Waals surface area contributed by atoms with Gasteiger partial charge in [-0.2, -0.15) is 0 Å². The molecule has 0 radical (unpaired) electrons. The van der Waals surface area contributed by atoms with Crippen molar-refractivity contribution in [2.75, 3.05) is 30.4 Å². The molecule has 0 aliphatic carbocycles. The molecule has 0 saturated heterocycles. The molecule has 1 aromatic rings. The third-order valence-electron chi connectivity index (χ3n) is 3.46. The molecule has 0 aliphatic heterocycles. The Morgan fingerprint density at radius 2 is 1.86 bits per heavy atom. The summed E-state index contributed by atoms with van der Waals surface area (Å²) in [5, 5.41) is 2.96. The lowest BCUT2D eigenvalue weighted by Crippen LogP contribution is -2.26. The second-order valence-electron chi connectivity index (χ2n) is 5.01. The summed E-state index contributed by atoms with van der Waals surface area (Å²) >= 11 is 0. The van der Waals surface area contributed by atoms with Crippen LogP contribution in [0, 0.1) is 11.6 Å². The number of nitrogen functional groups attached to an aromatic ring is 1. The van der Waals surface area contributed by atoms with E-state index < -0.39 is 11.6 Å². The molecule has 4 N–H and O–H groups in total. The Hall–Kier alpha value is -1.47. The predicted molar refractivity (Wildman–Crippen MR) is 82.1 cm³/mol. The van der Waals surface area contributed by atoms with Gasteiger partial charge in [-0.1, -0.05) is 13.8 Å². The minimum Gasteiger partial charge on any atom is -0.365 e. The van der Waals surface area contributed by atoms with Crippen LogP contribution in [0.3, 0.4) is 0 Å². The predicted octanol–water partition coefficient (Wildman–Crippen LogP) is 2.57. The first-order chi connectivity index (χ1) is 10.0. The lowest BCUT2D eigenvalue weighted by Gasteiger charge is -2.20. The summed E-state index contributed by atoms with van der Waals surface area (Å²) in [6.07, 6.45) is 1.88.